The standard InChI is InChI=1S/C61H53N/c1-59(2)36-37-60(3,4)58-51(25-15-27-55(58)59)53-38-52-50-22-11-12-26-54(50)61(5,6)56(52)39-57(53)62(44-32-28-42(29-33-44)48-23-13-18-40-16-7-9-20-46(40)48)45-34-30-43(31-35-45)49-24-14-19-41-17-8-10-21-47(41)49/h7-35,38-39H,36-37H2,1-6H3. The molecular formula is C61H53N. The maximum absolute atomic E-state index is 2.55. The van der Waals surface area contributed by atoms with Gasteiger partial charge in [-0.15, -0.1) is 0 Å². The van der Waals surface area contributed by atoms with Crippen LogP contribution in [0.15, 0.2) is 188 Å². The van der Waals surface area contributed by atoms with E-state index in [1.165, 1.54) is 100 Å². The van der Waals surface area contributed by atoms with E-state index in [0.717, 1.165) is 17.8 Å². The predicted molar refractivity (Wildman–Crippen MR) is 265 cm³/mol. The SMILES string of the molecule is CC1(C)CCC(C)(C)c2c(-c3cc4c(cc3N(c3ccc(-c5cccc6ccccc56)cc3)c3ccc(-c5cccc6ccccc56)cc3)C(C)(C)c3ccccc3-4)cccc21. The smallest absolute Gasteiger partial charge is 0.0543 e. The van der Waals surface area contributed by atoms with Crippen molar-refractivity contribution in [1.29, 1.82) is 0 Å². The van der Waals surface area contributed by atoms with Crippen LogP contribution in [0.1, 0.15) is 76.6 Å². The summed E-state index contributed by atoms with van der Waals surface area (Å²) < 4.78 is 0. The molecule has 2 aliphatic rings. The lowest BCUT2D eigenvalue weighted by Crippen LogP contribution is -2.34. The molecule has 302 valence electrons. The Morgan fingerprint density at radius 1 is 0.355 bits per heavy atom. The van der Waals surface area contributed by atoms with Crippen molar-refractivity contribution in [3.63, 3.8) is 0 Å². The number of rotatable bonds is 6. The third kappa shape index (κ3) is 6.04. The van der Waals surface area contributed by atoms with Gasteiger partial charge >= 0.3 is 0 Å². The average molecular weight is 800 g/mol. The lowest BCUT2D eigenvalue weighted by Gasteiger charge is -2.43. The Balaban J connectivity index is 1.17. The van der Waals surface area contributed by atoms with Crippen molar-refractivity contribution in [3.8, 4) is 44.5 Å². The van der Waals surface area contributed by atoms with Gasteiger partial charge in [0.15, 0.2) is 0 Å². The molecule has 0 unspecified atom stereocenters. The molecule has 0 amide bonds. The monoisotopic (exact) mass is 799 g/mol. The van der Waals surface area contributed by atoms with Gasteiger partial charge in [-0.05, 0) is 143 Å². The highest BCUT2D eigenvalue weighted by Crippen LogP contribution is 2.56. The lowest BCUT2D eigenvalue weighted by atomic mass is 9.61. The summed E-state index contributed by atoms with van der Waals surface area (Å²) in [5.74, 6) is 0. The Morgan fingerprint density at radius 3 is 1.44 bits per heavy atom. The van der Waals surface area contributed by atoms with Crippen molar-refractivity contribution >= 4 is 38.6 Å². The summed E-state index contributed by atoms with van der Waals surface area (Å²) >= 11 is 0. The second kappa shape index (κ2) is 14.2. The summed E-state index contributed by atoms with van der Waals surface area (Å²) in [6, 6.07) is 70.6. The first kappa shape index (κ1) is 38.2. The van der Waals surface area contributed by atoms with E-state index in [2.05, 4.69) is 234 Å². The molecule has 0 saturated carbocycles. The first-order chi connectivity index (χ1) is 30.0. The molecule has 0 fully saturated rings. The number of nitrogens with zero attached hydrogens (tertiary/aromatic N) is 1. The van der Waals surface area contributed by atoms with E-state index in [9.17, 15) is 0 Å². The minimum absolute atomic E-state index is 0.0138. The fourth-order valence-corrected chi connectivity index (χ4v) is 11.1. The largest absolute Gasteiger partial charge is 0.310 e. The third-order valence-electron chi connectivity index (χ3n) is 14.5. The molecule has 11 rings (SSSR count). The molecule has 0 N–H and O–H groups in total. The van der Waals surface area contributed by atoms with Crippen molar-refractivity contribution in [2.75, 3.05) is 4.90 Å². The Labute approximate surface area is 367 Å². The van der Waals surface area contributed by atoms with Gasteiger partial charge in [0.2, 0.25) is 0 Å². The number of anilines is 3. The van der Waals surface area contributed by atoms with E-state index in [1.807, 2.05) is 0 Å². The molecule has 9 aromatic rings. The lowest BCUT2D eigenvalue weighted by molar-refractivity contribution is 0.333. The van der Waals surface area contributed by atoms with Gasteiger partial charge in [-0.25, -0.2) is 0 Å². The van der Waals surface area contributed by atoms with E-state index in [0.29, 0.717) is 0 Å². The Hall–Kier alpha value is -6.70. The Kier molecular flexibility index (Phi) is 8.75. The molecule has 1 heteroatoms. The second-order valence-electron chi connectivity index (χ2n) is 19.6. The van der Waals surface area contributed by atoms with Crippen molar-refractivity contribution in [3.05, 3.63) is 210 Å². The molecule has 0 aliphatic heterocycles. The molecule has 2 aliphatic carbocycles. The van der Waals surface area contributed by atoms with Crippen molar-refractivity contribution in [2.45, 2.75) is 70.6 Å². The first-order valence-electron chi connectivity index (χ1n) is 22.4. The maximum atomic E-state index is 2.55. The third-order valence-corrected chi connectivity index (χ3v) is 14.5. The average Bonchev–Trinajstić information content (AvgIpc) is 3.52. The van der Waals surface area contributed by atoms with Gasteiger partial charge in [0.1, 0.15) is 0 Å². The van der Waals surface area contributed by atoms with Crippen LogP contribution in [0.4, 0.5) is 17.1 Å². The molecule has 0 atom stereocenters. The topological polar surface area (TPSA) is 3.24 Å². The molecule has 9 aromatic carbocycles. The van der Waals surface area contributed by atoms with Crippen LogP contribution in [0, 0.1) is 0 Å². The van der Waals surface area contributed by atoms with Crippen LogP contribution in [0.5, 0.6) is 0 Å². The normalized spacial score (nSPS) is 15.5. The van der Waals surface area contributed by atoms with Crippen LogP contribution >= 0.6 is 0 Å². The van der Waals surface area contributed by atoms with Crippen LogP contribution in [0.3, 0.4) is 0 Å². The molecular weight excluding hydrogens is 747 g/mol. The fraction of sp³-hybridized carbons (Fsp3) is 0.180. The summed E-state index contributed by atoms with van der Waals surface area (Å²) in [6.45, 7) is 14.6. The van der Waals surface area contributed by atoms with Crippen LogP contribution in [-0.4, -0.2) is 0 Å². The minimum atomic E-state index is -0.168. The van der Waals surface area contributed by atoms with Crippen molar-refractivity contribution in [1.82, 2.24) is 0 Å². The summed E-state index contributed by atoms with van der Waals surface area (Å²) in [6.07, 6.45) is 2.32. The van der Waals surface area contributed by atoms with E-state index in [-0.39, 0.29) is 16.2 Å². The highest BCUT2D eigenvalue weighted by atomic mass is 15.1. The molecule has 0 aromatic heterocycles. The van der Waals surface area contributed by atoms with Gasteiger partial charge in [0, 0.05) is 22.4 Å². The summed E-state index contributed by atoms with van der Waals surface area (Å²) in [4.78, 5) is 2.54. The molecule has 0 heterocycles. The summed E-state index contributed by atoms with van der Waals surface area (Å²) in [7, 11) is 0. The second-order valence-corrected chi connectivity index (χ2v) is 19.6. The van der Waals surface area contributed by atoms with Crippen molar-refractivity contribution in [2.24, 2.45) is 0 Å². The van der Waals surface area contributed by atoms with Gasteiger partial charge < -0.3 is 4.90 Å². The highest BCUT2D eigenvalue weighted by molar-refractivity contribution is 6.00. The van der Waals surface area contributed by atoms with Crippen LogP contribution < -0.4 is 4.90 Å². The number of hydrogen-bond acceptors (Lipinski definition) is 1. The number of fused-ring (bicyclic) bond motifs is 6. The van der Waals surface area contributed by atoms with Crippen LogP contribution in [0.2, 0.25) is 0 Å². The van der Waals surface area contributed by atoms with E-state index in [4.69, 9.17) is 0 Å². The molecule has 0 bridgehead atoms. The van der Waals surface area contributed by atoms with Crippen LogP contribution in [-0.2, 0) is 16.2 Å². The van der Waals surface area contributed by atoms with Gasteiger partial charge in [-0.1, -0.05) is 193 Å². The first-order valence-corrected chi connectivity index (χ1v) is 22.4. The predicted octanol–water partition coefficient (Wildman–Crippen LogP) is 17.1. The summed E-state index contributed by atoms with van der Waals surface area (Å²) in [5.41, 5.74) is 19.3. The van der Waals surface area contributed by atoms with Gasteiger partial charge in [-0.3, -0.25) is 0 Å². The van der Waals surface area contributed by atoms with Crippen molar-refractivity contribution < 1.29 is 0 Å². The Bertz CT molecular complexity index is 3060. The fourth-order valence-electron chi connectivity index (χ4n) is 11.1. The minimum Gasteiger partial charge on any atom is -0.310 e. The van der Waals surface area contributed by atoms with E-state index < -0.39 is 0 Å². The quantitative estimate of drug-likeness (QED) is 0.162. The van der Waals surface area contributed by atoms with Gasteiger partial charge in [0.05, 0.1) is 5.69 Å². The van der Waals surface area contributed by atoms with E-state index >= 15 is 0 Å². The zero-order valence-corrected chi connectivity index (χ0v) is 36.8. The van der Waals surface area contributed by atoms with Crippen LogP contribution in [0.25, 0.3) is 66.1 Å². The maximum Gasteiger partial charge on any atom is 0.0543 e. The zero-order valence-electron chi connectivity index (χ0n) is 36.8. The summed E-state index contributed by atoms with van der Waals surface area (Å²) in [5, 5.41) is 5.05. The number of hydrogen-bond donors (Lipinski definition) is 0. The molecule has 0 radical (unpaired) electrons. The molecule has 0 spiro atoms. The number of benzene rings is 9. The van der Waals surface area contributed by atoms with Gasteiger partial charge in [-0.2, -0.15) is 0 Å². The zero-order chi connectivity index (χ0) is 42.4. The van der Waals surface area contributed by atoms with E-state index in [1.54, 1.807) is 0 Å². The Morgan fingerprint density at radius 2 is 0.823 bits per heavy atom. The molecule has 0 saturated heterocycles. The van der Waals surface area contributed by atoms with Gasteiger partial charge in [0.25, 0.3) is 0 Å². The molecule has 62 heavy (non-hydrogen) atoms. The highest BCUT2D eigenvalue weighted by Gasteiger charge is 2.41. The molecule has 1 nitrogen and oxygen atoms in total.